The Morgan fingerprint density at radius 1 is 0.917 bits per heavy atom. The van der Waals surface area contributed by atoms with Crippen LogP contribution in [-0.4, -0.2) is 16.4 Å². The summed E-state index contributed by atoms with van der Waals surface area (Å²) in [5, 5.41) is 0. The van der Waals surface area contributed by atoms with Gasteiger partial charge in [0.15, 0.2) is 0 Å². The van der Waals surface area contributed by atoms with Gasteiger partial charge < -0.3 is 4.43 Å². The van der Waals surface area contributed by atoms with Crippen LogP contribution in [0.25, 0.3) is 0 Å². The molecular formula is C21H44OSi2. The molecule has 0 fully saturated rings. The van der Waals surface area contributed by atoms with Crippen LogP contribution in [0.2, 0.25) is 42.3 Å². The molecule has 0 aromatic carbocycles. The third-order valence-corrected chi connectivity index (χ3v) is 12.8. The fourth-order valence-corrected chi connectivity index (χ4v) is 11.7. The minimum Gasteiger partial charge on any atom is -0.546 e. The van der Waals surface area contributed by atoms with E-state index in [2.05, 4.69) is 87.7 Å². The average molecular weight is 369 g/mol. The molecule has 142 valence electrons. The van der Waals surface area contributed by atoms with Gasteiger partial charge >= 0.3 is 0 Å². The molecule has 0 bridgehead atoms. The van der Waals surface area contributed by atoms with Crippen LogP contribution in [-0.2, 0) is 4.43 Å². The molecule has 1 nitrogen and oxygen atoms in total. The van der Waals surface area contributed by atoms with Crippen LogP contribution in [0, 0.1) is 5.92 Å². The zero-order chi connectivity index (χ0) is 19.3. The van der Waals surface area contributed by atoms with Crippen molar-refractivity contribution in [2.45, 2.75) is 104 Å². The minimum atomic E-state index is -1.88. The lowest BCUT2D eigenvalue weighted by atomic mass is 10.1. The maximum absolute atomic E-state index is 6.97. The first kappa shape index (κ1) is 23.7. The van der Waals surface area contributed by atoms with E-state index in [4.69, 9.17) is 4.43 Å². The van der Waals surface area contributed by atoms with Crippen molar-refractivity contribution in [2.24, 2.45) is 5.92 Å². The van der Waals surface area contributed by atoms with Gasteiger partial charge in [0.25, 0.3) is 8.32 Å². The lowest BCUT2D eigenvalue weighted by molar-refractivity contribution is 0.357. The first-order chi connectivity index (χ1) is 10.7. The van der Waals surface area contributed by atoms with Crippen LogP contribution in [0.4, 0.5) is 0 Å². The van der Waals surface area contributed by atoms with Gasteiger partial charge in [-0.2, -0.15) is 0 Å². The van der Waals surface area contributed by atoms with Gasteiger partial charge in [-0.25, -0.2) is 0 Å². The highest BCUT2D eigenvalue weighted by molar-refractivity contribution is 6.78. The maximum Gasteiger partial charge on any atom is 0.258 e. The van der Waals surface area contributed by atoms with E-state index in [1.54, 1.807) is 0 Å². The van der Waals surface area contributed by atoms with Crippen LogP contribution in [0.15, 0.2) is 24.0 Å². The van der Waals surface area contributed by atoms with Crippen LogP contribution in [0.1, 0.15) is 61.8 Å². The largest absolute Gasteiger partial charge is 0.546 e. The molecule has 24 heavy (non-hydrogen) atoms. The van der Waals surface area contributed by atoms with Gasteiger partial charge in [0, 0.05) is 14.5 Å². The highest BCUT2D eigenvalue weighted by atomic mass is 28.4. The summed E-state index contributed by atoms with van der Waals surface area (Å²) in [4.78, 5) is 0. The Morgan fingerprint density at radius 3 is 1.62 bits per heavy atom. The predicted molar refractivity (Wildman–Crippen MR) is 117 cm³/mol. The molecule has 0 saturated heterocycles. The lowest BCUT2D eigenvalue weighted by Crippen LogP contribution is -2.47. The molecule has 0 saturated carbocycles. The Labute approximate surface area is 155 Å². The van der Waals surface area contributed by atoms with E-state index in [9.17, 15) is 0 Å². The van der Waals surface area contributed by atoms with Crippen molar-refractivity contribution >= 4 is 16.4 Å². The second-order valence-corrected chi connectivity index (χ2v) is 20.8. The SMILES string of the molecule is C=C(C)C/C(=C/C(C)C[Si](C)(C)C)O[Si](C(C)C)(C(C)C)C(C)C. The average Bonchev–Trinajstić information content (AvgIpc) is 2.30. The molecule has 0 radical (unpaired) electrons. The Hall–Kier alpha value is -0.286. The van der Waals surface area contributed by atoms with E-state index < -0.39 is 16.4 Å². The van der Waals surface area contributed by atoms with Gasteiger partial charge in [-0.3, -0.25) is 0 Å². The van der Waals surface area contributed by atoms with Gasteiger partial charge in [-0.15, -0.1) is 0 Å². The molecule has 0 aromatic heterocycles. The van der Waals surface area contributed by atoms with Crippen LogP contribution in [0.5, 0.6) is 0 Å². The van der Waals surface area contributed by atoms with Crippen LogP contribution < -0.4 is 0 Å². The second kappa shape index (κ2) is 9.42. The summed E-state index contributed by atoms with van der Waals surface area (Å²) in [6.07, 6.45) is 3.30. The summed E-state index contributed by atoms with van der Waals surface area (Å²) in [5.74, 6) is 1.78. The van der Waals surface area contributed by atoms with Crippen molar-refractivity contribution in [2.75, 3.05) is 0 Å². The molecule has 0 aromatic rings. The van der Waals surface area contributed by atoms with Crippen molar-refractivity contribution < 1.29 is 4.43 Å². The Balaban J connectivity index is 5.70. The molecule has 0 heterocycles. The lowest BCUT2D eigenvalue weighted by Gasteiger charge is -2.43. The van der Waals surface area contributed by atoms with Crippen molar-refractivity contribution in [3.05, 3.63) is 24.0 Å². The summed E-state index contributed by atoms with van der Waals surface area (Å²) in [5.41, 5.74) is 3.02. The zero-order valence-corrected chi connectivity index (χ0v) is 20.4. The third-order valence-electron chi connectivity index (χ3n) is 4.90. The standard InChI is InChI=1S/C21H44OSi2/c1-16(2)13-21(14-20(9)15-23(10,11)12)22-24(17(3)4,18(5)6)19(7)8/h14,17-20H,1,13,15H2,2-12H3/b21-14-. The molecule has 1 atom stereocenters. The number of hydrogen-bond acceptors (Lipinski definition) is 1. The molecule has 0 amide bonds. The van der Waals surface area contributed by atoms with Gasteiger partial charge in [0.2, 0.25) is 0 Å². The third kappa shape index (κ3) is 7.30. The number of hydrogen-bond donors (Lipinski definition) is 0. The van der Waals surface area contributed by atoms with E-state index in [1.165, 1.54) is 17.4 Å². The topological polar surface area (TPSA) is 9.23 Å². The second-order valence-electron chi connectivity index (χ2n) is 9.93. The van der Waals surface area contributed by atoms with Crippen LogP contribution >= 0.6 is 0 Å². The van der Waals surface area contributed by atoms with E-state index in [-0.39, 0.29) is 0 Å². The molecule has 0 aliphatic carbocycles. The fourth-order valence-electron chi connectivity index (χ4n) is 4.35. The molecule has 0 aliphatic rings. The number of rotatable bonds is 10. The highest BCUT2D eigenvalue weighted by Gasteiger charge is 2.47. The van der Waals surface area contributed by atoms with Crippen molar-refractivity contribution in [1.29, 1.82) is 0 Å². The summed E-state index contributed by atoms with van der Waals surface area (Å²) in [6, 6.07) is 1.32. The molecule has 0 rings (SSSR count). The number of allylic oxidation sites excluding steroid dienone is 2. The Kier molecular flexibility index (Phi) is 9.31. The van der Waals surface area contributed by atoms with Crippen LogP contribution in [0.3, 0.4) is 0 Å². The molecule has 3 heteroatoms. The molecular weight excluding hydrogens is 324 g/mol. The first-order valence-corrected chi connectivity index (χ1v) is 15.6. The molecule has 0 aliphatic heterocycles. The van der Waals surface area contributed by atoms with Gasteiger partial charge in [0.1, 0.15) is 0 Å². The van der Waals surface area contributed by atoms with Crippen molar-refractivity contribution in [1.82, 2.24) is 0 Å². The normalized spacial score (nSPS) is 15.3. The maximum atomic E-state index is 6.97. The Morgan fingerprint density at radius 2 is 1.33 bits per heavy atom. The van der Waals surface area contributed by atoms with E-state index in [0.717, 1.165) is 6.42 Å². The summed E-state index contributed by atoms with van der Waals surface area (Å²) < 4.78 is 6.97. The summed E-state index contributed by atoms with van der Waals surface area (Å²) >= 11 is 0. The fraction of sp³-hybridized carbons (Fsp3) is 0.810. The van der Waals surface area contributed by atoms with Crippen molar-refractivity contribution in [3.8, 4) is 0 Å². The van der Waals surface area contributed by atoms with Crippen molar-refractivity contribution in [3.63, 3.8) is 0 Å². The smallest absolute Gasteiger partial charge is 0.258 e. The molecule has 0 spiro atoms. The van der Waals surface area contributed by atoms with Gasteiger partial charge in [-0.05, 0) is 35.5 Å². The molecule has 1 unspecified atom stereocenters. The summed E-state index contributed by atoms with van der Waals surface area (Å²) in [7, 11) is -2.94. The highest BCUT2D eigenvalue weighted by Crippen LogP contribution is 2.44. The van der Waals surface area contributed by atoms with E-state index in [1.807, 2.05) is 0 Å². The van der Waals surface area contributed by atoms with E-state index in [0.29, 0.717) is 22.5 Å². The van der Waals surface area contributed by atoms with Gasteiger partial charge in [-0.1, -0.05) is 86.3 Å². The minimum absolute atomic E-state index is 0.587. The first-order valence-electron chi connectivity index (χ1n) is 9.76. The molecule has 0 N–H and O–H groups in total. The zero-order valence-electron chi connectivity index (χ0n) is 18.4. The summed E-state index contributed by atoms with van der Waals surface area (Å²) in [6.45, 7) is 30.1. The van der Waals surface area contributed by atoms with E-state index >= 15 is 0 Å². The quantitative estimate of drug-likeness (QED) is 0.215. The predicted octanol–water partition coefficient (Wildman–Crippen LogP) is 8.00. The Bertz CT molecular complexity index is 406. The van der Waals surface area contributed by atoms with Gasteiger partial charge in [0.05, 0.1) is 5.76 Å². The monoisotopic (exact) mass is 368 g/mol.